The SMILES string of the molecule is COC(=O)C1CCN(CCCC(C)C)CC1. The maximum absolute atomic E-state index is 11.3. The third kappa shape index (κ3) is 4.52. The van der Waals surface area contributed by atoms with Gasteiger partial charge in [0.1, 0.15) is 0 Å². The molecule has 0 saturated carbocycles. The first-order chi connectivity index (χ1) is 7.63. The second-order valence-corrected chi connectivity index (χ2v) is 5.18. The highest BCUT2D eigenvalue weighted by Crippen LogP contribution is 2.19. The smallest absolute Gasteiger partial charge is 0.308 e. The van der Waals surface area contributed by atoms with Crippen molar-refractivity contribution in [2.75, 3.05) is 26.7 Å². The van der Waals surface area contributed by atoms with Gasteiger partial charge in [0.05, 0.1) is 13.0 Å². The fourth-order valence-corrected chi connectivity index (χ4v) is 2.28. The van der Waals surface area contributed by atoms with Crippen molar-refractivity contribution in [1.29, 1.82) is 0 Å². The summed E-state index contributed by atoms with van der Waals surface area (Å²) in [7, 11) is 1.48. The third-order valence-electron chi connectivity index (χ3n) is 3.38. The summed E-state index contributed by atoms with van der Waals surface area (Å²) in [5.41, 5.74) is 0. The first-order valence-electron chi connectivity index (χ1n) is 6.43. The van der Waals surface area contributed by atoms with Gasteiger partial charge in [-0.25, -0.2) is 0 Å². The molecule has 1 fully saturated rings. The summed E-state index contributed by atoms with van der Waals surface area (Å²) in [5, 5.41) is 0. The Hall–Kier alpha value is -0.570. The van der Waals surface area contributed by atoms with Crippen LogP contribution in [0, 0.1) is 11.8 Å². The van der Waals surface area contributed by atoms with Crippen LogP contribution in [-0.4, -0.2) is 37.6 Å². The summed E-state index contributed by atoms with van der Waals surface area (Å²) in [6.07, 6.45) is 4.51. The van der Waals surface area contributed by atoms with E-state index in [2.05, 4.69) is 18.7 Å². The molecule has 1 aliphatic rings. The number of carbonyl (C=O) groups is 1. The largest absolute Gasteiger partial charge is 0.469 e. The minimum atomic E-state index is -0.0261. The molecule has 0 bridgehead atoms. The van der Waals surface area contributed by atoms with Crippen LogP contribution in [0.1, 0.15) is 39.5 Å². The van der Waals surface area contributed by atoms with Crippen LogP contribution >= 0.6 is 0 Å². The molecule has 1 saturated heterocycles. The van der Waals surface area contributed by atoms with E-state index >= 15 is 0 Å². The number of hydrogen-bond acceptors (Lipinski definition) is 3. The lowest BCUT2D eigenvalue weighted by Gasteiger charge is -2.30. The van der Waals surface area contributed by atoms with E-state index in [9.17, 15) is 4.79 Å². The number of hydrogen-bond donors (Lipinski definition) is 0. The number of piperidine rings is 1. The Morgan fingerprint density at radius 2 is 2.00 bits per heavy atom. The Balaban J connectivity index is 2.14. The molecule has 0 aliphatic carbocycles. The van der Waals surface area contributed by atoms with Crippen molar-refractivity contribution in [2.24, 2.45) is 11.8 Å². The van der Waals surface area contributed by atoms with Gasteiger partial charge >= 0.3 is 5.97 Å². The lowest BCUT2D eigenvalue weighted by molar-refractivity contribution is -0.147. The van der Waals surface area contributed by atoms with Gasteiger partial charge in [-0.2, -0.15) is 0 Å². The number of ether oxygens (including phenoxy) is 1. The van der Waals surface area contributed by atoms with Crippen molar-refractivity contribution in [3.63, 3.8) is 0 Å². The van der Waals surface area contributed by atoms with Crippen molar-refractivity contribution in [3.8, 4) is 0 Å². The highest BCUT2D eigenvalue weighted by molar-refractivity contribution is 5.72. The monoisotopic (exact) mass is 227 g/mol. The fourth-order valence-electron chi connectivity index (χ4n) is 2.28. The minimum Gasteiger partial charge on any atom is -0.469 e. The van der Waals surface area contributed by atoms with Crippen LogP contribution in [0.5, 0.6) is 0 Å². The molecular formula is C13H25NO2. The first kappa shape index (κ1) is 13.5. The molecule has 0 unspecified atom stereocenters. The Morgan fingerprint density at radius 3 is 2.50 bits per heavy atom. The molecule has 0 aromatic carbocycles. The van der Waals surface area contributed by atoms with Crippen molar-refractivity contribution < 1.29 is 9.53 Å². The van der Waals surface area contributed by atoms with Gasteiger partial charge in [-0.15, -0.1) is 0 Å². The number of carbonyl (C=O) groups excluding carboxylic acids is 1. The van der Waals surface area contributed by atoms with Gasteiger partial charge in [-0.1, -0.05) is 13.8 Å². The Kier molecular flexibility index (Phi) is 5.81. The summed E-state index contributed by atoms with van der Waals surface area (Å²) >= 11 is 0. The molecule has 0 spiro atoms. The molecule has 0 N–H and O–H groups in total. The number of methoxy groups -OCH3 is 1. The van der Waals surface area contributed by atoms with Crippen LogP contribution in [-0.2, 0) is 9.53 Å². The normalized spacial score (nSPS) is 19.0. The van der Waals surface area contributed by atoms with Crippen molar-refractivity contribution in [3.05, 3.63) is 0 Å². The second-order valence-electron chi connectivity index (χ2n) is 5.18. The molecule has 0 atom stereocenters. The van der Waals surface area contributed by atoms with E-state index in [1.54, 1.807) is 0 Å². The van der Waals surface area contributed by atoms with Gasteiger partial charge in [0, 0.05) is 0 Å². The Bertz CT molecular complexity index is 208. The Morgan fingerprint density at radius 1 is 1.38 bits per heavy atom. The lowest BCUT2D eigenvalue weighted by atomic mass is 9.96. The second kappa shape index (κ2) is 6.89. The van der Waals surface area contributed by atoms with Gasteiger partial charge in [-0.05, 0) is 51.2 Å². The fraction of sp³-hybridized carbons (Fsp3) is 0.923. The Labute approximate surface area is 99.1 Å². The van der Waals surface area contributed by atoms with Crippen LogP contribution < -0.4 is 0 Å². The zero-order valence-corrected chi connectivity index (χ0v) is 10.9. The standard InChI is InChI=1S/C13H25NO2/c1-11(2)5-4-8-14-9-6-12(7-10-14)13(15)16-3/h11-12H,4-10H2,1-3H3. The number of nitrogens with zero attached hydrogens (tertiary/aromatic N) is 1. The molecule has 3 nitrogen and oxygen atoms in total. The maximum atomic E-state index is 11.3. The van der Waals surface area contributed by atoms with Crippen LogP contribution in [0.3, 0.4) is 0 Å². The van der Waals surface area contributed by atoms with Crippen LogP contribution in [0.2, 0.25) is 0 Å². The number of rotatable bonds is 5. The highest BCUT2D eigenvalue weighted by atomic mass is 16.5. The highest BCUT2D eigenvalue weighted by Gasteiger charge is 2.24. The molecule has 16 heavy (non-hydrogen) atoms. The van der Waals surface area contributed by atoms with Gasteiger partial charge in [0.2, 0.25) is 0 Å². The molecule has 3 heteroatoms. The molecule has 0 radical (unpaired) electrons. The zero-order chi connectivity index (χ0) is 12.0. The molecule has 1 heterocycles. The summed E-state index contributed by atoms with van der Waals surface area (Å²) in [6, 6.07) is 0. The van der Waals surface area contributed by atoms with E-state index in [1.165, 1.54) is 26.5 Å². The molecular weight excluding hydrogens is 202 g/mol. The number of likely N-dealkylation sites (tertiary alicyclic amines) is 1. The van der Waals surface area contributed by atoms with E-state index in [0.717, 1.165) is 31.8 Å². The summed E-state index contributed by atoms with van der Waals surface area (Å²) in [4.78, 5) is 13.8. The molecule has 0 aromatic rings. The average molecular weight is 227 g/mol. The molecule has 1 aliphatic heterocycles. The summed E-state index contributed by atoms with van der Waals surface area (Å²) in [5.74, 6) is 0.917. The van der Waals surface area contributed by atoms with Gasteiger partial charge in [0.25, 0.3) is 0 Å². The van der Waals surface area contributed by atoms with E-state index in [-0.39, 0.29) is 11.9 Å². The summed E-state index contributed by atoms with van der Waals surface area (Å²) in [6.45, 7) is 7.83. The molecule has 1 rings (SSSR count). The quantitative estimate of drug-likeness (QED) is 0.675. The van der Waals surface area contributed by atoms with E-state index < -0.39 is 0 Å². The predicted molar refractivity (Wildman–Crippen MR) is 65.3 cm³/mol. The van der Waals surface area contributed by atoms with Crippen molar-refractivity contribution >= 4 is 5.97 Å². The van der Waals surface area contributed by atoms with Crippen LogP contribution in [0.15, 0.2) is 0 Å². The van der Waals surface area contributed by atoms with Crippen molar-refractivity contribution in [1.82, 2.24) is 4.90 Å². The predicted octanol–water partition coefficient (Wildman–Crippen LogP) is 2.31. The third-order valence-corrected chi connectivity index (χ3v) is 3.38. The van der Waals surface area contributed by atoms with E-state index in [0.29, 0.717) is 0 Å². The topological polar surface area (TPSA) is 29.5 Å². The molecule has 0 amide bonds. The minimum absolute atomic E-state index is 0.0261. The maximum Gasteiger partial charge on any atom is 0.308 e. The van der Waals surface area contributed by atoms with Gasteiger partial charge in [0.15, 0.2) is 0 Å². The zero-order valence-electron chi connectivity index (χ0n) is 10.9. The first-order valence-corrected chi connectivity index (χ1v) is 6.43. The molecule has 0 aromatic heterocycles. The van der Waals surface area contributed by atoms with Gasteiger partial charge < -0.3 is 9.64 Å². The number of esters is 1. The van der Waals surface area contributed by atoms with Crippen molar-refractivity contribution in [2.45, 2.75) is 39.5 Å². The molecule has 94 valence electrons. The van der Waals surface area contributed by atoms with Crippen LogP contribution in [0.25, 0.3) is 0 Å². The lowest BCUT2D eigenvalue weighted by Crippen LogP contribution is -2.37. The van der Waals surface area contributed by atoms with Gasteiger partial charge in [-0.3, -0.25) is 4.79 Å². The summed E-state index contributed by atoms with van der Waals surface area (Å²) < 4.78 is 4.78. The average Bonchev–Trinajstić information content (AvgIpc) is 2.28. The van der Waals surface area contributed by atoms with E-state index in [4.69, 9.17) is 4.74 Å². The van der Waals surface area contributed by atoms with Crippen LogP contribution in [0.4, 0.5) is 0 Å². The van der Waals surface area contributed by atoms with E-state index in [1.807, 2.05) is 0 Å².